The van der Waals surface area contributed by atoms with Gasteiger partial charge in [0.15, 0.2) is 6.61 Å². The standard InChI is InChI=1S/C25H27NO6/c1-15-12-26(13-16(2)31-15)23(27)14-30-20-9-10-21-22(11-20)32-17(3)24(25(21)28)18-5-7-19(29-4)8-6-18/h5-11,15-16H,12-14H2,1-4H3/t15-,16-/m1/s1. The number of nitrogens with zero attached hydrogens (tertiary/aromatic N) is 1. The number of amides is 1. The average Bonchev–Trinajstić information content (AvgIpc) is 2.77. The minimum atomic E-state index is -0.118. The number of rotatable bonds is 5. The normalized spacial score (nSPS) is 18.6. The van der Waals surface area contributed by atoms with Gasteiger partial charge >= 0.3 is 0 Å². The Morgan fingerprint density at radius 2 is 1.72 bits per heavy atom. The number of methoxy groups -OCH3 is 1. The molecule has 1 saturated heterocycles. The highest BCUT2D eigenvalue weighted by atomic mass is 16.5. The van der Waals surface area contributed by atoms with Crippen LogP contribution < -0.4 is 14.9 Å². The van der Waals surface area contributed by atoms with Crippen molar-refractivity contribution < 1.29 is 23.4 Å². The number of carbonyl (C=O) groups excluding carboxylic acids is 1. The maximum absolute atomic E-state index is 13.1. The molecule has 168 valence electrons. The van der Waals surface area contributed by atoms with Crippen LogP contribution in [0, 0.1) is 6.92 Å². The summed E-state index contributed by atoms with van der Waals surface area (Å²) in [5.41, 5.74) is 1.58. The van der Waals surface area contributed by atoms with Crippen LogP contribution in [-0.4, -0.2) is 49.8 Å². The predicted molar refractivity (Wildman–Crippen MR) is 121 cm³/mol. The quantitative estimate of drug-likeness (QED) is 0.604. The van der Waals surface area contributed by atoms with Gasteiger partial charge in [0.1, 0.15) is 22.8 Å². The van der Waals surface area contributed by atoms with Crippen LogP contribution in [0.25, 0.3) is 22.1 Å². The van der Waals surface area contributed by atoms with E-state index in [1.807, 2.05) is 38.1 Å². The maximum atomic E-state index is 13.1. The average molecular weight is 437 g/mol. The van der Waals surface area contributed by atoms with Gasteiger partial charge in [0.05, 0.1) is 30.3 Å². The van der Waals surface area contributed by atoms with E-state index in [-0.39, 0.29) is 30.2 Å². The van der Waals surface area contributed by atoms with Crippen molar-refractivity contribution in [2.24, 2.45) is 0 Å². The van der Waals surface area contributed by atoms with Gasteiger partial charge in [-0.25, -0.2) is 0 Å². The Morgan fingerprint density at radius 1 is 1.06 bits per heavy atom. The number of morpholine rings is 1. The van der Waals surface area contributed by atoms with E-state index in [4.69, 9.17) is 18.6 Å². The fraction of sp³-hybridized carbons (Fsp3) is 0.360. The molecule has 0 spiro atoms. The first-order valence-electron chi connectivity index (χ1n) is 10.6. The number of benzene rings is 2. The van der Waals surface area contributed by atoms with Crippen LogP contribution >= 0.6 is 0 Å². The lowest BCUT2D eigenvalue weighted by atomic mass is 10.0. The Labute approximate surface area is 186 Å². The molecule has 4 rings (SSSR count). The lowest BCUT2D eigenvalue weighted by molar-refractivity contribution is -0.145. The molecular formula is C25H27NO6. The highest BCUT2D eigenvalue weighted by molar-refractivity contribution is 5.84. The molecule has 32 heavy (non-hydrogen) atoms. The fourth-order valence-corrected chi connectivity index (χ4v) is 4.08. The molecule has 0 aliphatic carbocycles. The molecular weight excluding hydrogens is 410 g/mol. The van der Waals surface area contributed by atoms with Gasteiger partial charge in [-0.3, -0.25) is 9.59 Å². The summed E-state index contributed by atoms with van der Waals surface area (Å²) in [5, 5.41) is 0.455. The topological polar surface area (TPSA) is 78.2 Å². The first kappa shape index (κ1) is 21.9. The van der Waals surface area contributed by atoms with E-state index in [0.717, 1.165) is 5.56 Å². The minimum Gasteiger partial charge on any atom is -0.497 e. The Balaban J connectivity index is 1.54. The highest BCUT2D eigenvalue weighted by Gasteiger charge is 2.26. The zero-order valence-corrected chi connectivity index (χ0v) is 18.7. The van der Waals surface area contributed by atoms with Crippen LogP contribution in [0.5, 0.6) is 11.5 Å². The predicted octanol–water partition coefficient (Wildman–Crippen LogP) is 3.79. The van der Waals surface area contributed by atoms with Crippen LogP contribution in [0.2, 0.25) is 0 Å². The molecule has 1 amide bonds. The van der Waals surface area contributed by atoms with Crippen LogP contribution in [0.1, 0.15) is 19.6 Å². The number of ether oxygens (including phenoxy) is 3. The van der Waals surface area contributed by atoms with E-state index < -0.39 is 0 Å². The van der Waals surface area contributed by atoms with Crippen molar-refractivity contribution in [3.63, 3.8) is 0 Å². The SMILES string of the molecule is COc1ccc(-c2c(C)oc3cc(OCC(=O)N4C[C@@H](C)O[C@H](C)C4)ccc3c2=O)cc1. The van der Waals surface area contributed by atoms with Crippen molar-refractivity contribution in [2.75, 3.05) is 26.8 Å². The molecule has 0 unspecified atom stereocenters. The molecule has 1 aromatic heterocycles. The van der Waals surface area contributed by atoms with E-state index in [0.29, 0.717) is 46.9 Å². The molecule has 1 aliphatic rings. The van der Waals surface area contributed by atoms with Gasteiger partial charge < -0.3 is 23.5 Å². The third kappa shape index (κ3) is 4.48. The van der Waals surface area contributed by atoms with Crippen molar-refractivity contribution >= 4 is 16.9 Å². The summed E-state index contributed by atoms with van der Waals surface area (Å²) in [4.78, 5) is 27.4. The second-order valence-corrected chi connectivity index (χ2v) is 8.09. The summed E-state index contributed by atoms with van der Waals surface area (Å²) in [6.45, 7) is 6.67. The van der Waals surface area contributed by atoms with E-state index in [9.17, 15) is 9.59 Å². The largest absolute Gasteiger partial charge is 0.497 e. The van der Waals surface area contributed by atoms with Gasteiger partial charge in [-0.1, -0.05) is 12.1 Å². The molecule has 1 aliphatic heterocycles. The Hall–Kier alpha value is -3.32. The van der Waals surface area contributed by atoms with Crippen molar-refractivity contribution in [1.29, 1.82) is 0 Å². The molecule has 7 nitrogen and oxygen atoms in total. The molecule has 3 aromatic rings. The summed E-state index contributed by atoms with van der Waals surface area (Å²) in [5.74, 6) is 1.60. The number of fused-ring (bicyclic) bond motifs is 1. The van der Waals surface area contributed by atoms with E-state index in [1.54, 1.807) is 37.1 Å². The monoisotopic (exact) mass is 437 g/mol. The van der Waals surface area contributed by atoms with E-state index >= 15 is 0 Å². The first-order valence-corrected chi connectivity index (χ1v) is 10.6. The fourth-order valence-electron chi connectivity index (χ4n) is 4.08. The molecule has 7 heteroatoms. The summed E-state index contributed by atoms with van der Waals surface area (Å²) >= 11 is 0. The molecule has 0 bridgehead atoms. The third-order valence-electron chi connectivity index (χ3n) is 5.55. The van der Waals surface area contributed by atoms with Gasteiger partial charge in [0.2, 0.25) is 5.43 Å². The number of carbonyl (C=O) groups is 1. The summed E-state index contributed by atoms with van der Waals surface area (Å²) in [6.07, 6.45) is 0.000957. The molecule has 2 atom stereocenters. The molecule has 1 fully saturated rings. The zero-order valence-electron chi connectivity index (χ0n) is 18.7. The maximum Gasteiger partial charge on any atom is 0.260 e. The number of aryl methyl sites for hydroxylation is 1. The summed E-state index contributed by atoms with van der Waals surface area (Å²) in [7, 11) is 1.60. The molecule has 0 saturated carbocycles. The van der Waals surface area contributed by atoms with E-state index in [2.05, 4.69) is 0 Å². The van der Waals surface area contributed by atoms with Crippen LogP contribution in [0.15, 0.2) is 51.7 Å². The molecule has 0 radical (unpaired) electrons. The zero-order chi connectivity index (χ0) is 22.8. The van der Waals surface area contributed by atoms with Crippen LogP contribution in [0.4, 0.5) is 0 Å². The first-order chi connectivity index (χ1) is 15.4. The van der Waals surface area contributed by atoms with Crippen molar-refractivity contribution in [3.05, 3.63) is 58.4 Å². The summed E-state index contributed by atoms with van der Waals surface area (Å²) in [6, 6.07) is 12.3. The minimum absolute atomic E-state index is 0.000479. The second kappa shape index (κ2) is 9.04. The Morgan fingerprint density at radius 3 is 2.38 bits per heavy atom. The van der Waals surface area contributed by atoms with Crippen molar-refractivity contribution in [1.82, 2.24) is 4.90 Å². The number of hydrogen-bond acceptors (Lipinski definition) is 6. The molecule has 0 N–H and O–H groups in total. The second-order valence-electron chi connectivity index (χ2n) is 8.09. The number of hydrogen-bond donors (Lipinski definition) is 0. The third-order valence-corrected chi connectivity index (χ3v) is 5.55. The van der Waals surface area contributed by atoms with Crippen LogP contribution in [-0.2, 0) is 9.53 Å². The van der Waals surface area contributed by atoms with E-state index in [1.165, 1.54) is 0 Å². The van der Waals surface area contributed by atoms with Gasteiger partial charge in [-0.15, -0.1) is 0 Å². The van der Waals surface area contributed by atoms with Gasteiger partial charge in [-0.2, -0.15) is 0 Å². The molecule has 2 heterocycles. The summed E-state index contributed by atoms with van der Waals surface area (Å²) < 4.78 is 22.5. The Kier molecular flexibility index (Phi) is 6.19. The highest BCUT2D eigenvalue weighted by Crippen LogP contribution is 2.27. The Bertz CT molecular complexity index is 1170. The molecule has 2 aromatic carbocycles. The smallest absolute Gasteiger partial charge is 0.260 e. The van der Waals surface area contributed by atoms with Gasteiger partial charge in [0.25, 0.3) is 5.91 Å². The van der Waals surface area contributed by atoms with Crippen molar-refractivity contribution in [3.8, 4) is 22.6 Å². The van der Waals surface area contributed by atoms with Crippen molar-refractivity contribution in [2.45, 2.75) is 33.0 Å². The lowest BCUT2D eigenvalue weighted by Crippen LogP contribution is -2.49. The van der Waals surface area contributed by atoms with Gasteiger partial charge in [-0.05, 0) is 50.6 Å². The van der Waals surface area contributed by atoms with Crippen LogP contribution in [0.3, 0.4) is 0 Å². The van der Waals surface area contributed by atoms with Gasteiger partial charge in [0, 0.05) is 19.2 Å². The lowest BCUT2D eigenvalue weighted by Gasteiger charge is -2.35.